The van der Waals surface area contributed by atoms with Crippen LogP contribution in [-0.2, 0) is 4.79 Å². The average Bonchev–Trinajstić information content (AvgIpc) is 3.29. The van der Waals surface area contributed by atoms with Crippen LogP contribution in [0.1, 0.15) is 52.4 Å². The molecule has 0 aromatic heterocycles. The van der Waals surface area contributed by atoms with Crippen LogP contribution in [0.3, 0.4) is 0 Å². The Labute approximate surface area is 127 Å². The number of carbonyl (C=O) groups is 2. The first kappa shape index (κ1) is 16.1. The predicted molar refractivity (Wildman–Crippen MR) is 81.1 cm³/mol. The molecule has 0 bridgehead atoms. The third-order valence-corrected chi connectivity index (χ3v) is 4.76. The van der Waals surface area contributed by atoms with E-state index < -0.39 is 12.0 Å². The van der Waals surface area contributed by atoms with Crippen LogP contribution in [0.5, 0.6) is 0 Å². The Hall–Kier alpha value is -1.26. The SMILES string of the molecule is CCCN(CC1CC1)C(=O)N1CCC(CC)CC1C(=O)O. The monoisotopic (exact) mass is 296 g/mol. The van der Waals surface area contributed by atoms with Crippen LogP contribution in [0.15, 0.2) is 0 Å². The molecule has 0 aromatic rings. The summed E-state index contributed by atoms with van der Waals surface area (Å²) in [6, 6.07) is -0.708. The Morgan fingerprint density at radius 3 is 2.43 bits per heavy atom. The largest absolute Gasteiger partial charge is 0.480 e. The van der Waals surface area contributed by atoms with Crippen molar-refractivity contribution >= 4 is 12.0 Å². The van der Waals surface area contributed by atoms with E-state index in [9.17, 15) is 14.7 Å². The Morgan fingerprint density at radius 1 is 1.19 bits per heavy atom. The minimum absolute atomic E-state index is 0.0642. The minimum atomic E-state index is -0.857. The summed E-state index contributed by atoms with van der Waals surface area (Å²) in [6.45, 7) is 6.27. The van der Waals surface area contributed by atoms with Crippen LogP contribution in [0, 0.1) is 11.8 Å². The number of nitrogens with zero attached hydrogens (tertiary/aromatic N) is 2. The second kappa shape index (κ2) is 7.14. The summed E-state index contributed by atoms with van der Waals surface area (Å²) >= 11 is 0. The molecule has 2 amide bonds. The number of aliphatic carboxylic acids is 1. The van der Waals surface area contributed by atoms with E-state index in [4.69, 9.17) is 0 Å². The lowest BCUT2D eigenvalue weighted by molar-refractivity contribution is -0.144. The predicted octanol–water partition coefficient (Wildman–Crippen LogP) is 2.80. The maximum absolute atomic E-state index is 12.7. The number of rotatable bonds is 6. The summed E-state index contributed by atoms with van der Waals surface area (Å²) in [4.78, 5) is 27.8. The summed E-state index contributed by atoms with van der Waals surface area (Å²) in [5.41, 5.74) is 0. The van der Waals surface area contributed by atoms with Gasteiger partial charge in [0.2, 0.25) is 0 Å². The molecule has 1 saturated heterocycles. The number of hydrogen-bond donors (Lipinski definition) is 1. The number of hydrogen-bond acceptors (Lipinski definition) is 2. The van der Waals surface area contributed by atoms with Gasteiger partial charge in [0.25, 0.3) is 0 Å². The summed E-state index contributed by atoms with van der Waals surface area (Å²) in [6.07, 6.45) is 5.84. The van der Waals surface area contributed by atoms with Crippen LogP contribution >= 0.6 is 0 Å². The van der Waals surface area contributed by atoms with E-state index in [0.717, 1.165) is 32.4 Å². The van der Waals surface area contributed by atoms with Gasteiger partial charge in [0, 0.05) is 19.6 Å². The normalized spacial score (nSPS) is 25.7. The molecule has 2 unspecified atom stereocenters. The van der Waals surface area contributed by atoms with Crippen LogP contribution in [0.2, 0.25) is 0 Å². The van der Waals surface area contributed by atoms with Crippen molar-refractivity contribution in [2.45, 2.75) is 58.4 Å². The van der Waals surface area contributed by atoms with Gasteiger partial charge in [0.05, 0.1) is 0 Å². The summed E-state index contributed by atoms with van der Waals surface area (Å²) in [5.74, 6) is 0.208. The summed E-state index contributed by atoms with van der Waals surface area (Å²) in [5, 5.41) is 9.46. The fraction of sp³-hybridized carbons (Fsp3) is 0.875. The Balaban J connectivity index is 2.04. The summed E-state index contributed by atoms with van der Waals surface area (Å²) in [7, 11) is 0. The van der Waals surface area contributed by atoms with Crippen molar-refractivity contribution in [2.24, 2.45) is 11.8 Å². The van der Waals surface area contributed by atoms with Crippen LogP contribution in [0.4, 0.5) is 4.79 Å². The molecule has 21 heavy (non-hydrogen) atoms. The fourth-order valence-electron chi connectivity index (χ4n) is 3.20. The molecular formula is C16H28N2O3. The first-order chi connectivity index (χ1) is 10.1. The third-order valence-electron chi connectivity index (χ3n) is 4.76. The highest BCUT2D eigenvalue weighted by Crippen LogP contribution is 2.31. The molecule has 1 aliphatic carbocycles. The van der Waals surface area contributed by atoms with Gasteiger partial charge in [-0.05, 0) is 43.9 Å². The van der Waals surface area contributed by atoms with Crippen molar-refractivity contribution in [3.8, 4) is 0 Å². The Bertz CT molecular complexity index is 382. The van der Waals surface area contributed by atoms with Gasteiger partial charge in [-0.2, -0.15) is 0 Å². The van der Waals surface area contributed by atoms with Crippen molar-refractivity contribution in [3.05, 3.63) is 0 Å². The van der Waals surface area contributed by atoms with Gasteiger partial charge in [-0.15, -0.1) is 0 Å². The highest BCUT2D eigenvalue weighted by Gasteiger charge is 2.38. The van der Waals surface area contributed by atoms with Gasteiger partial charge in [-0.1, -0.05) is 20.3 Å². The van der Waals surface area contributed by atoms with E-state index in [0.29, 0.717) is 24.8 Å². The maximum atomic E-state index is 12.7. The van der Waals surface area contributed by atoms with Crippen molar-refractivity contribution in [3.63, 3.8) is 0 Å². The second-order valence-corrected chi connectivity index (χ2v) is 6.52. The Kier molecular flexibility index (Phi) is 5.48. The van der Waals surface area contributed by atoms with Crippen molar-refractivity contribution in [1.29, 1.82) is 0 Å². The molecule has 5 heteroatoms. The van der Waals surface area contributed by atoms with E-state index in [-0.39, 0.29) is 6.03 Å². The first-order valence-corrected chi connectivity index (χ1v) is 8.35. The number of piperidine rings is 1. The topological polar surface area (TPSA) is 60.9 Å². The van der Waals surface area contributed by atoms with Gasteiger partial charge >= 0.3 is 12.0 Å². The lowest BCUT2D eigenvalue weighted by Gasteiger charge is -2.39. The highest BCUT2D eigenvalue weighted by molar-refractivity contribution is 5.83. The average molecular weight is 296 g/mol. The Morgan fingerprint density at radius 2 is 1.90 bits per heavy atom. The van der Waals surface area contributed by atoms with Crippen molar-refractivity contribution in [2.75, 3.05) is 19.6 Å². The molecule has 1 heterocycles. The van der Waals surface area contributed by atoms with E-state index in [1.807, 2.05) is 4.90 Å². The van der Waals surface area contributed by atoms with Gasteiger partial charge < -0.3 is 14.9 Å². The van der Waals surface area contributed by atoms with Crippen molar-refractivity contribution in [1.82, 2.24) is 9.80 Å². The van der Waals surface area contributed by atoms with E-state index in [2.05, 4.69) is 13.8 Å². The number of amides is 2. The first-order valence-electron chi connectivity index (χ1n) is 8.35. The quantitative estimate of drug-likeness (QED) is 0.820. The van der Waals surface area contributed by atoms with Gasteiger partial charge in [-0.25, -0.2) is 9.59 Å². The molecule has 5 nitrogen and oxygen atoms in total. The van der Waals surface area contributed by atoms with Crippen LogP contribution in [-0.4, -0.2) is 52.6 Å². The molecule has 2 aliphatic rings. The zero-order valence-electron chi connectivity index (χ0n) is 13.3. The van der Waals surface area contributed by atoms with Crippen LogP contribution in [0.25, 0.3) is 0 Å². The molecule has 0 spiro atoms. The zero-order valence-corrected chi connectivity index (χ0v) is 13.3. The third kappa shape index (κ3) is 4.11. The fourth-order valence-corrected chi connectivity index (χ4v) is 3.20. The molecule has 2 rings (SSSR count). The standard InChI is InChI=1S/C16H28N2O3/c1-3-8-17(11-13-5-6-13)16(21)18-9-7-12(4-2)10-14(18)15(19)20/h12-14H,3-11H2,1-2H3,(H,19,20). The molecule has 120 valence electrons. The molecule has 1 N–H and O–H groups in total. The van der Waals surface area contributed by atoms with Gasteiger partial charge in [-0.3, -0.25) is 0 Å². The van der Waals surface area contributed by atoms with Crippen LogP contribution < -0.4 is 0 Å². The number of carbonyl (C=O) groups excluding carboxylic acids is 1. The maximum Gasteiger partial charge on any atom is 0.326 e. The lowest BCUT2D eigenvalue weighted by atomic mass is 9.89. The smallest absolute Gasteiger partial charge is 0.326 e. The summed E-state index contributed by atoms with van der Waals surface area (Å²) < 4.78 is 0. The second-order valence-electron chi connectivity index (χ2n) is 6.52. The van der Waals surface area contributed by atoms with Crippen molar-refractivity contribution < 1.29 is 14.7 Å². The molecule has 0 aromatic carbocycles. The van der Waals surface area contributed by atoms with Gasteiger partial charge in [0.1, 0.15) is 6.04 Å². The van der Waals surface area contributed by atoms with E-state index >= 15 is 0 Å². The lowest BCUT2D eigenvalue weighted by Crippen LogP contribution is -2.55. The molecular weight excluding hydrogens is 268 g/mol. The van der Waals surface area contributed by atoms with Gasteiger partial charge in [0.15, 0.2) is 0 Å². The molecule has 2 atom stereocenters. The molecule has 0 radical (unpaired) electrons. The molecule has 1 saturated carbocycles. The zero-order chi connectivity index (χ0) is 15.4. The number of likely N-dealkylation sites (tertiary alicyclic amines) is 1. The van der Waals surface area contributed by atoms with E-state index in [1.54, 1.807) is 4.90 Å². The highest BCUT2D eigenvalue weighted by atomic mass is 16.4. The van der Waals surface area contributed by atoms with E-state index in [1.165, 1.54) is 12.8 Å². The number of urea groups is 1. The number of carboxylic acid groups (broad SMARTS) is 1. The number of carboxylic acids is 1. The molecule has 1 aliphatic heterocycles. The molecule has 2 fully saturated rings. The minimum Gasteiger partial charge on any atom is -0.480 e.